The van der Waals surface area contributed by atoms with Crippen LogP contribution in [0.2, 0.25) is 0 Å². The highest BCUT2D eigenvalue weighted by Crippen LogP contribution is 2.45. The fraction of sp³-hybridized carbons (Fsp3) is 0.241. The zero-order chi connectivity index (χ0) is 25.3. The van der Waals surface area contributed by atoms with Crippen molar-refractivity contribution < 1.29 is 23.9 Å². The summed E-state index contributed by atoms with van der Waals surface area (Å²) in [5.74, 6) is -1.77. The molecule has 3 aromatic rings. The Morgan fingerprint density at radius 1 is 0.889 bits per heavy atom. The lowest BCUT2D eigenvalue weighted by molar-refractivity contribution is -0.129. The van der Waals surface area contributed by atoms with Gasteiger partial charge in [-0.15, -0.1) is 0 Å². The first kappa shape index (κ1) is 23.5. The van der Waals surface area contributed by atoms with Crippen molar-refractivity contribution >= 4 is 34.9 Å². The van der Waals surface area contributed by atoms with E-state index in [-0.39, 0.29) is 22.8 Å². The molecule has 3 aromatic carbocycles. The average Bonchev–Trinajstić information content (AvgIpc) is 3.38. The Kier molecular flexibility index (Phi) is 6.14. The summed E-state index contributed by atoms with van der Waals surface area (Å²) in [6, 6.07) is 20.6. The first-order valence-electron chi connectivity index (χ1n) is 12.0. The van der Waals surface area contributed by atoms with Crippen molar-refractivity contribution in [1.82, 2.24) is 0 Å². The van der Waals surface area contributed by atoms with Crippen molar-refractivity contribution in [2.24, 2.45) is 0 Å². The van der Waals surface area contributed by atoms with Gasteiger partial charge in [0, 0.05) is 11.1 Å². The second-order valence-corrected chi connectivity index (χ2v) is 9.26. The minimum atomic E-state index is -0.989. The number of rotatable bonds is 5. The number of esters is 1. The van der Waals surface area contributed by atoms with Gasteiger partial charge in [0.1, 0.15) is 5.54 Å². The van der Waals surface area contributed by atoms with Gasteiger partial charge in [-0.05, 0) is 38.0 Å². The Bertz CT molecular complexity index is 1360. The summed E-state index contributed by atoms with van der Waals surface area (Å²) < 4.78 is 5.43. The van der Waals surface area contributed by atoms with Gasteiger partial charge < -0.3 is 10.1 Å². The topological polar surface area (TPSA) is 92.8 Å². The summed E-state index contributed by atoms with van der Waals surface area (Å²) in [5.41, 5.74) is 1.92. The second-order valence-electron chi connectivity index (χ2n) is 9.26. The van der Waals surface area contributed by atoms with Crippen LogP contribution in [0.15, 0.2) is 72.8 Å². The number of anilines is 2. The predicted octanol–water partition coefficient (Wildman–Crippen LogP) is 4.68. The van der Waals surface area contributed by atoms with Crippen LogP contribution in [0.25, 0.3) is 0 Å². The molecule has 0 atom stereocenters. The molecule has 1 saturated carbocycles. The number of ether oxygens (including phenoxy) is 1. The number of carbonyl (C=O) groups excluding carboxylic acids is 4. The lowest BCUT2D eigenvalue weighted by Crippen LogP contribution is -2.61. The number of nitrogens with one attached hydrogen (secondary N) is 1. The molecule has 0 unspecified atom stereocenters. The fourth-order valence-corrected chi connectivity index (χ4v) is 5.12. The summed E-state index contributed by atoms with van der Waals surface area (Å²) in [6.45, 7) is 1.38. The molecule has 1 N–H and O–H groups in total. The van der Waals surface area contributed by atoms with E-state index < -0.39 is 24.0 Å². The molecule has 0 aromatic heterocycles. The van der Waals surface area contributed by atoms with Gasteiger partial charge in [0.25, 0.3) is 11.8 Å². The number of hydrogen-bond acceptors (Lipinski definition) is 5. The highest BCUT2D eigenvalue weighted by atomic mass is 16.5. The lowest BCUT2D eigenvalue weighted by atomic mass is 9.90. The molecule has 182 valence electrons. The number of aryl methyl sites for hydroxylation is 1. The molecule has 1 spiro atoms. The number of para-hydroxylation sites is 2. The van der Waals surface area contributed by atoms with Crippen LogP contribution in [0.1, 0.15) is 57.5 Å². The van der Waals surface area contributed by atoms with Crippen LogP contribution in [-0.2, 0) is 14.3 Å². The summed E-state index contributed by atoms with van der Waals surface area (Å²) in [6.07, 6.45) is 2.74. The standard InChI is InChI=1S/C29H26N2O5/c1-19-12-14-20(15-13-19)26(33)21-8-2-3-9-22(21)27(34)36-18-25(32)31-24-11-5-4-10-23(24)30-28(35)29(31)16-6-7-17-29/h2-5,8-15H,6-7,16-18H2,1H3,(H,30,35). The molecule has 1 aliphatic carbocycles. The highest BCUT2D eigenvalue weighted by Gasteiger charge is 2.52. The molecule has 0 bridgehead atoms. The summed E-state index contributed by atoms with van der Waals surface area (Å²) in [5, 5.41) is 2.93. The van der Waals surface area contributed by atoms with Crippen LogP contribution < -0.4 is 10.2 Å². The number of nitrogens with zero attached hydrogens (tertiary/aromatic N) is 1. The van der Waals surface area contributed by atoms with Crippen LogP contribution in [0.5, 0.6) is 0 Å². The molecule has 2 aliphatic rings. The third kappa shape index (κ3) is 4.06. The summed E-state index contributed by atoms with van der Waals surface area (Å²) in [4.78, 5) is 54.2. The van der Waals surface area contributed by atoms with Gasteiger partial charge in [-0.25, -0.2) is 4.79 Å². The number of ketones is 1. The maximum Gasteiger partial charge on any atom is 0.339 e. The van der Waals surface area contributed by atoms with Crippen LogP contribution in [0, 0.1) is 6.92 Å². The molecule has 1 heterocycles. The summed E-state index contributed by atoms with van der Waals surface area (Å²) in [7, 11) is 0. The second kappa shape index (κ2) is 9.41. The quantitative estimate of drug-likeness (QED) is 0.421. The molecule has 36 heavy (non-hydrogen) atoms. The van der Waals surface area contributed by atoms with Crippen LogP contribution in [0.4, 0.5) is 11.4 Å². The monoisotopic (exact) mass is 482 g/mol. The van der Waals surface area contributed by atoms with Crippen LogP contribution >= 0.6 is 0 Å². The van der Waals surface area contributed by atoms with Crippen molar-refractivity contribution in [2.75, 3.05) is 16.8 Å². The Hall–Kier alpha value is -4.26. The first-order chi connectivity index (χ1) is 17.4. The van der Waals surface area contributed by atoms with Gasteiger partial charge in [-0.2, -0.15) is 0 Å². The Morgan fingerprint density at radius 2 is 1.53 bits per heavy atom. The summed E-state index contributed by atoms with van der Waals surface area (Å²) >= 11 is 0. The van der Waals surface area contributed by atoms with Gasteiger partial charge in [-0.3, -0.25) is 19.3 Å². The molecule has 0 saturated heterocycles. The molecular weight excluding hydrogens is 456 g/mol. The number of fused-ring (bicyclic) bond motifs is 1. The zero-order valence-corrected chi connectivity index (χ0v) is 20.0. The average molecular weight is 483 g/mol. The van der Waals surface area contributed by atoms with Crippen LogP contribution in [-0.4, -0.2) is 35.7 Å². The van der Waals surface area contributed by atoms with E-state index in [1.807, 2.05) is 19.1 Å². The normalized spacial score (nSPS) is 15.8. The van der Waals surface area contributed by atoms with E-state index in [9.17, 15) is 19.2 Å². The maximum absolute atomic E-state index is 13.5. The predicted molar refractivity (Wildman–Crippen MR) is 135 cm³/mol. The lowest BCUT2D eigenvalue weighted by Gasteiger charge is -2.44. The zero-order valence-electron chi connectivity index (χ0n) is 20.0. The minimum Gasteiger partial charge on any atom is -0.452 e. The first-order valence-corrected chi connectivity index (χ1v) is 12.0. The molecular formula is C29H26N2O5. The van der Waals surface area contributed by atoms with Crippen molar-refractivity contribution in [1.29, 1.82) is 0 Å². The highest BCUT2D eigenvalue weighted by molar-refractivity contribution is 6.16. The minimum absolute atomic E-state index is 0.0863. The van der Waals surface area contributed by atoms with Crippen molar-refractivity contribution in [3.8, 4) is 0 Å². The molecule has 0 radical (unpaired) electrons. The van der Waals surface area contributed by atoms with E-state index in [0.29, 0.717) is 29.8 Å². The van der Waals surface area contributed by atoms with E-state index in [0.717, 1.165) is 18.4 Å². The van der Waals surface area contributed by atoms with E-state index in [2.05, 4.69) is 5.32 Å². The molecule has 5 rings (SSSR count). The molecule has 1 fully saturated rings. The Balaban J connectivity index is 1.38. The van der Waals surface area contributed by atoms with Crippen molar-refractivity contribution in [3.63, 3.8) is 0 Å². The van der Waals surface area contributed by atoms with E-state index >= 15 is 0 Å². The molecule has 7 nitrogen and oxygen atoms in total. The number of hydrogen-bond donors (Lipinski definition) is 1. The van der Waals surface area contributed by atoms with Crippen molar-refractivity contribution in [3.05, 3.63) is 95.1 Å². The Morgan fingerprint density at radius 3 is 2.25 bits per heavy atom. The largest absolute Gasteiger partial charge is 0.452 e. The SMILES string of the molecule is Cc1ccc(C(=O)c2ccccc2C(=O)OCC(=O)N2c3ccccc3NC(=O)C23CCCC3)cc1. The number of carbonyl (C=O) groups is 4. The third-order valence-corrected chi connectivity index (χ3v) is 6.96. The number of amides is 2. The van der Waals surface area contributed by atoms with Gasteiger partial charge in [0.15, 0.2) is 12.4 Å². The van der Waals surface area contributed by atoms with Crippen LogP contribution in [0.3, 0.4) is 0 Å². The van der Waals surface area contributed by atoms with Gasteiger partial charge in [0.2, 0.25) is 0 Å². The molecule has 7 heteroatoms. The third-order valence-electron chi connectivity index (χ3n) is 6.96. The smallest absolute Gasteiger partial charge is 0.339 e. The Labute approximate surface area is 209 Å². The van der Waals surface area contributed by atoms with E-state index in [1.54, 1.807) is 54.6 Å². The van der Waals surface area contributed by atoms with E-state index in [4.69, 9.17) is 4.74 Å². The maximum atomic E-state index is 13.5. The fourth-order valence-electron chi connectivity index (χ4n) is 5.12. The van der Waals surface area contributed by atoms with Gasteiger partial charge in [0.05, 0.1) is 16.9 Å². The van der Waals surface area contributed by atoms with Gasteiger partial charge in [-0.1, -0.05) is 73.0 Å². The number of benzene rings is 3. The van der Waals surface area contributed by atoms with E-state index in [1.165, 1.54) is 11.0 Å². The van der Waals surface area contributed by atoms with Gasteiger partial charge >= 0.3 is 5.97 Å². The molecule has 1 aliphatic heterocycles. The molecule has 2 amide bonds. The van der Waals surface area contributed by atoms with Crippen molar-refractivity contribution in [2.45, 2.75) is 38.1 Å².